The third-order valence-electron chi connectivity index (χ3n) is 5.21. The van der Waals surface area contributed by atoms with E-state index in [1.807, 2.05) is 6.07 Å². The number of fused-ring (bicyclic) bond motifs is 1. The van der Waals surface area contributed by atoms with Crippen LogP contribution < -0.4 is 10.6 Å². The van der Waals surface area contributed by atoms with E-state index in [-0.39, 0.29) is 37.1 Å². The third-order valence-corrected chi connectivity index (χ3v) is 5.21. The summed E-state index contributed by atoms with van der Waals surface area (Å²) in [7, 11) is 0. The minimum atomic E-state index is -0.664. The van der Waals surface area contributed by atoms with Gasteiger partial charge in [-0.1, -0.05) is 18.1 Å². The molecule has 4 rings (SSSR count). The number of benzene rings is 2. The predicted molar refractivity (Wildman–Crippen MR) is 108 cm³/mol. The summed E-state index contributed by atoms with van der Waals surface area (Å²) in [5, 5.41) is 4.96. The Balaban J connectivity index is 1.38. The van der Waals surface area contributed by atoms with E-state index in [0.29, 0.717) is 17.5 Å². The normalized spacial score (nSPS) is 17.5. The van der Waals surface area contributed by atoms with Gasteiger partial charge in [-0.15, -0.1) is 0 Å². The van der Waals surface area contributed by atoms with Crippen molar-refractivity contribution in [2.45, 2.75) is 32.0 Å². The highest BCUT2D eigenvalue weighted by Gasteiger charge is 2.38. The molecule has 1 saturated heterocycles. The van der Waals surface area contributed by atoms with E-state index < -0.39 is 17.9 Å². The lowest BCUT2D eigenvalue weighted by molar-refractivity contribution is -0.137. The molecule has 0 spiro atoms. The third kappa shape index (κ3) is 4.46. The molecular weight excluding hydrogens is 401 g/mol. The smallest absolute Gasteiger partial charge is 0.296 e. The molecule has 8 heteroatoms. The lowest BCUT2D eigenvalue weighted by Crippen LogP contribution is -2.52. The van der Waals surface area contributed by atoms with Crippen LogP contribution in [0, 0.1) is 17.7 Å². The van der Waals surface area contributed by atoms with Gasteiger partial charge < -0.3 is 10.2 Å². The summed E-state index contributed by atoms with van der Waals surface area (Å²) in [6.45, 7) is 0.490. The van der Waals surface area contributed by atoms with Crippen molar-refractivity contribution >= 4 is 23.6 Å². The summed E-state index contributed by atoms with van der Waals surface area (Å²) in [4.78, 5) is 49.6. The van der Waals surface area contributed by atoms with Gasteiger partial charge in [-0.25, -0.2) is 4.39 Å². The molecule has 0 aromatic heterocycles. The Labute approximate surface area is 177 Å². The van der Waals surface area contributed by atoms with Crippen molar-refractivity contribution in [1.82, 2.24) is 15.5 Å². The molecule has 0 radical (unpaired) electrons. The number of halogens is 1. The second-order valence-corrected chi connectivity index (χ2v) is 7.33. The topological polar surface area (TPSA) is 95.6 Å². The largest absolute Gasteiger partial charge is 0.341 e. The summed E-state index contributed by atoms with van der Waals surface area (Å²) >= 11 is 0. The van der Waals surface area contributed by atoms with Crippen LogP contribution >= 0.6 is 0 Å². The van der Waals surface area contributed by atoms with Gasteiger partial charge in [-0.3, -0.25) is 24.5 Å². The van der Waals surface area contributed by atoms with Crippen LogP contribution in [-0.2, 0) is 27.5 Å². The van der Waals surface area contributed by atoms with E-state index in [1.165, 1.54) is 29.2 Å². The molecule has 156 valence electrons. The fraction of sp³-hybridized carbons (Fsp3) is 0.217. The van der Waals surface area contributed by atoms with Gasteiger partial charge in [-0.05, 0) is 47.9 Å². The van der Waals surface area contributed by atoms with Crippen molar-refractivity contribution < 1.29 is 23.6 Å². The van der Waals surface area contributed by atoms with Crippen molar-refractivity contribution in [1.29, 1.82) is 0 Å². The molecule has 2 aliphatic rings. The average Bonchev–Trinajstić information content (AvgIpc) is 3.07. The Hall–Kier alpha value is -3.99. The molecule has 0 bridgehead atoms. The zero-order valence-corrected chi connectivity index (χ0v) is 16.4. The molecule has 4 amide bonds. The number of amides is 4. The Morgan fingerprint density at radius 1 is 1.16 bits per heavy atom. The van der Waals surface area contributed by atoms with Gasteiger partial charge in [0.1, 0.15) is 11.9 Å². The van der Waals surface area contributed by atoms with Crippen LogP contribution in [-0.4, -0.2) is 34.6 Å². The summed E-state index contributed by atoms with van der Waals surface area (Å²) < 4.78 is 12.9. The second kappa shape index (κ2) is 8.40. The van der Waals surface area contributed by atoms with Crippen molar-refractivity contribution in [3.05, 3.63) is 70.5 Å². The minimum Gasteiger partial charge on any atom is -0.341 e. The number of hydrogen-bond acceptors (Lipinski definition) is 4. The first-order valence-corrected chi connectivity index (χ1v) is 9.72. The quantitative estimate of drug-likeness (QED) is 0.578. The van der Waals surface area contributed by atoms with Crippen molar-refractivity contribution in [2.75, 3.05) is 0 Å². The van der Waals surface area contributed by atoms with Crippen LogP contribution in [0.5, 0.6) is 0 Å². The highest BCUT2D eigenvalue weighted by Crippen LogP contribution is 2.28. The van der Waals surface area contributed by atoms with Crippen LogP contribution in [0.2, 0.25) is 0 Å². The first-order valence-electron chi connectivity index (χ1n) is 9.72. The Kier molecular flexibility index (Phi) is 5.50. The zero-order valence-electron chi connectivity index (χ0n) is 16.4. The predicted octanol–water partition coefficient (Wildman–Crippen LogP) is 1.25. The van der Waals surface area contributed by atoms with E-state index in [0.717, 1.165) is 11.1 Å². The molecule has 0 aliphatic carbocycles. The number of nitrogens with zero attached hydrogens (tertiary/aromatic N) is 1. The molecule has 2 heterocycles. The maximum atomic E-state index is 12.9. The summed E-state index contributed by atoms with van der Waals surface area (Å²) in [6.07, 6.45) is 0.507. The summed E-state index contributed by atoms with van der Waals surface area (Å²) in [5.74, 6) is 3.23. The van der Waals surface area contributed by atoms with Gasteiger partial charge in [0, 0.05) is 36.6 Å². The number of carbonyl (C=O) groups excluding carboxylic acids is 4. The molecule has 1 atom stereocenters. The maximum absolute atomic E-state index is 12.9. The van der Waals surface area contributed by atoms with E-state index in [9.17, 15) is 23.6 Å². The number of rotatable bonds is 3. The molecule has 2 aliphatic heterocycles. The van der Waals surface area contributed by atoms with Crippen LogP contribution in [0.1, 0.15) is 39.9 Å². The highest BCUT2D eigenvalue weighted by molar-refractivity contribution is 6.05. The van der Waals surface area contributed by atoms with Gasteiger partial charge in [0.05, 0.1) is 0 Å². The molecule has 0 saturated carbocycles. The second-order valence-electron chi connectivity index (χ2n) is 7.33. The highest BCUT2D eigenvalue weighted by atomic mass is 19.1. The van der Waals surface area contributed by atoms with Gasteiger partial charge in [0.2, 0.25) is 11.8 Å². The van der Waals surface area contributed by atoms with Crippen molar-refractivity contribution in [2.24, 2.45) is 0 Å². The molecule has 2 aromatic rings. The maximum Gasteiger partial charge on any atom is 0.296 e. The van der Waals surface area contributed by atoms with Crippen LogP contribution in [0.15, 0.2) is 42.5 Å². The zero-order chi connectivity index (χ0) is 22.0. The van der Waals surface area contributed by atoms with Gasteiger partial charge in [-0.2, -0.15) is 0 Å². The number of hydrogen-bond donors (Lipinski definition) is 2. The standard InChI is InChI=1S/C23H18FN3O4/c24-17-5-1-14(2-6-17)4-9-20(28)25-12-15-3-7-18-16(11-15)13-27(23(18)31)19-8-10-21(29)26-22(19)30/h1-3,5-7,11,19H,8,10,12-13H2,(H,25,28)(H,26,29,30). The molecular formula is C23H18FN3O4. The lowest BCUT2D eigenvalue weighted by Gasteiger charge is -2.29. The van der Waals surface area contributed by atoms with Crippen LogP contribution in [0.4, 0.5) is 4.39 Å². The SMILES string of the molecule is O=C(C#Cc1ccc(F)cc1)NCc1ccc2c(c1)CN(C1CCC(=O)NC1=O)C2=O. The first-order chi connectivity index (χ1) is 14.9. The molecule has 1 fully saturated rings. The fourth-order valence-corrected chi connectivity index (χ4v) is 3.63. The number of imide groups is 1. The summed E-state index contributed by atoms with van der Waals surface area (Å²) in [6, 6.07) is 10.1. The van der Waals surface area contributed by atoms with Crippen molar-refractivity contribution in [3.63, 3.8) is 0 Å². The molecule has 2 aromatic carbocycles. The van der Waals surface area contributed by atoms with Crippen molar-refractivity contribution in [3.8, 4) is 11.8 Å². The Morgan fingerprint density at radius 3 is 2.68 bits per heavy atom. The van der Waals surface area contributed by atoms with E-state index in [2.05, 4.69) is 22.5 Å². The van der Waals surface area contributed by atoms with Crippen LogP contribution in [0.3, 0.4) is 0 Å². The number of carbonyl (C=O) groups is 4. The van der Waals surface area contributed by atoms with Gasteiger partial charge in [0.25, 0.3) is 11.8 Å². The van der Waals surface area contributed by atoms with E-state index in [4.69, 9.17) is 0 Å². The van der Waals surface area contributed by atoms with E-state index >= 15 is 0 Å². The fourth-order valence-electron chi connectivity index (χ4n) is 3.63. The number of nitrogens with one attached hydrogen (secondary N) is 2. The number of piperidine rings is 1. The molecule has 2 N–H and O–H groups in total. The molecule has 7 nitrogen and oxygen atoms in total. The van der Waals surface area contributed by atoms with Crippen LogP contribution in [0.25, 0.3) is 0 Å². The molecule has 1 unspecified atom stereocenters. The molecule has 31 heavy (non-hydrogen) atoms. The van der Waals surface area contributed by atoms with Gasteiger partial charge in [0.15, 0.2) is 0 Å². The van der Waals surface area contributed by atoms with Gasteiger partial charge >= 0.3 is 0 Å². The lowest BCUT2D eigenvalue weighted by atomic mass is 10.0. The Bertz CT molecular complexity index is 1150. The minimum absolute atomic E-state index is 0.201. The first kappa shape index (κ1) is 20.3. The van der Waals surface area contributed by atoms with E-state index in [1.54, 1.807) is 12.1 Å². The Morgan fingerprint density at radius 2 is 1.94 bits per heavy atom. The average molecular weight is 419 g/mol. The monoisotopic (exact) mass is 419 g/mol. The summed E-state index contributed by atoms with van der Waals surface area (Å²) in [5.41, 5.74) is 2.59.